The maximum Gasteiger partial charge on any atom is 0.315 e. The molecular weight excluding hydrogens is 354 g/mol. The Morgan fingerprint density at radius 1 is 1.04 bits per heavy atom. The third-order valence-electron chi connectivity index (χ3n) is 3.78. The van der Waals surface area contributed by atoms with Gasteiger partial charge in [0, 0.05) is 11.6 Å². The van der Waals surface area contributed by atoms with Gasteiger partial charge in [-0.05, 0) is 29.0 Å². The molecule has 0 spiro atoms. The van der Waals surface area contributed by atoms with Gasteiger partial charge in [0.05, 0.1) is 16.7 Å². The van der Waals surface area contributed by atoms with Crippen molar-refractivity contribution in [2.75, 3.05) is 0 Å². The number of nitro benzene ring substituents is 1. The highest BCUT2D eigenvalue weighted by molar-refractivity contribution is 6.01. The Hall–Kier alpha value is -4.14. The maximum absolute atomic E-state index is 12.2. The zero-order chi connectivity index (χ0) is 19.6. The summed E-state index contributed by atoms with van der Waals surface area (Å²) in [5, 5.41) is 45.0. The van der Waals surface area contributed by atoms with Crippen molar-refractivity contribution < 1.29 is 25.0 Å². The number of fused-ring (bicyclic) bond motifs is 1. The van der Waals surface area contributed by atoms with Crippen LogP contribution >= 0.6 is 0 Å². The molecule has 27 heavy (non-hydrogen) atoms. The number of carbonyl (C=O) groups is 1. The molecule has 0 atom stereocenters. The summed E-state index contributed by atoms with van der Waals surface area (Å²) in [6, 6.07) is 12.2. The van der Waals surface area contributed by atoms with Crippen LogP contribution in [0.1, 0.15) is 15.9 Å². The Balaban J connectivity index is 1.82. The minimum absolute atomic E-state index is 0.00499. The molecule has 0 unspecified atom stereocenters. The first-order valence-corrected chi connectivity index (χ1v) is 7.62. The Morgan fingerprint density at radius 2 is 1.70 bits per heavy atom. The fourth-order valence-electron chi connectivity index (χ4n) is 2.47. The largest absolute Gasteiger partial charge is 0.507 e. The fraction of sp³-hybridized carbons (Fsp3) is 0. The topological polar surface area (TPSA) is 145 Å². The van der Waals surface area contributed by atoms with Crippen LogP contribution in [0.5, 0.6) is 17.2 Å². The highest BCUT2D eigenvalue weighted by Gasteiger charge is 2.18. The van der Waals surface area contributed by atoms with Crippen LogP contribution in [0, 0.1) is 10.1 Å². The molecule has 4 N–H and O–H groups in total. The van der Waals surface area contributed by atoms with Crippen molar-refractivity contribution >= 4 is 28.6 Å². The van der Waals surface area contributed by atoms with E-state index in [0.29, 0.717) is 0 Å². The Labute approximate surface area is 152 Å². The number of nitro groups is 1. The van der Waals surface area contributed by atoms with Crippen molar-refractivity contribution in [3.8, 4) is 17.2 Å². The van der Waals surface area contributed by atoms with Crippen LogP contribution in [-0.4, -0.2) is 32.4 Å². The Bertz CT molecular complexity index is 1090. The minimum Gasteiger partial charge on any atom is -0.507 e. The van der Waals surface area contributed by atoms with Crippen molar-refractivity contribution in [2.45, 2.75) is 0 Å². The van der Waals surface area contributed by atoms with Crippen LogP contribution in [0.3, 0.4) is 0 Å². The summed E-state index contributed by atoms with van der Waals surface area (Å²) < 4.78 is 0. The van der Waals surface area contributed by atoms with E-state index in [1.807, 2.05) is 0 Å². The molecule has 0 fully saturated rings. The second-order valence-corrected chi connectivity index (χ2v) is 5.58. The number of carbonyl (C=O) groups excluding carboxylic acids is 1. The lowest BCUT2D eigenvalue weighted by Crippen LogP contribution is -2.17. The average molecular weight is 367 g/mol. The molecule has 0 saturated carbocycles. The molecule has 0 aliphatic carbocycles. The number of hydrazone groups is 1. The lowest BCUT2D eigenvalue weighted by Gasteiger charge is -2.06. The number of aromatic hydroxyl groups is 3. The van der Waals surface area contributed by atoms with Crippen molar-refractivity contribution in [3.63, 3.8) is 0 Å². The van der Waals surface area contributed by atoms with Crippen molar-refractivity contribution in [1.29, 1.82) is 0 Å². The summed E-state index contributed by atoms with van der Waals surface area (Å²) in [6.45, 7) is 0. The molecule has 136 valence electrons. The van der Waals surface area contributed by atoms with Crippen LogP contribution in [0.4, 0.5) is 5.69 Å². The summed E-state index contributed by atoms with van der Waals surface area (Å²) >= 11 is 0. The molecule has 0 aliphatic heterocycles. The molecule has 0 heterocycles. The SMILES string of the molecule is O=C(N/N=C/c1cc(O)c(O)c([N+](=O)[O-])c1)c1cc2ccccc2cc1O. The van der Waals surface area contributed by atoms with Crippen molar-refractivity contribution in [2.24, 2.45) is 5.10 Å². The summed E-state index contributed by atoms with van der Waals surface area (Å²) in [6.07, 6.45) is 1.06. The molecule has 9 heteroatoms. The average Bonchev–Trinajstić information content (AvgIpc) is 2.63. The van der Waals surface area contributed by atoms with E-state index in [0.717, 1.165) is 29.1 Å². The standard InChI is InChI=1S/C18H13N3O6/c22-15-8-12-4-2-1-3-11(12)7-13(15)18(25)20-19-9-10-5-14(21(26)27)17(24)16(23)6-10/h1-9,22-24H,(H,20,25)/b19-9+. The van der Waals surface area contributed by atoms with E-state index in [1.54, 1.807) is 24.3 Å². The predicted octanol–water partition coefficient (Wildman–Crippen LogP) is 2.63. The number of nitrogens with zero attached hydrogens (tertiary/aromatic N) is 2. The van der Waals surface area contributed by atoms with E-state index in [2.05, 4.69) is 10.5 Å². The normalized spacial score (nSPS) is 11.0. The molecular formula is C18H13N3O6. The van der Waals surface area contributed by atoms with Gasteiger partial charge in [0.2, 0.25) is 5.75 Å². The first-order chi connectivity index (χ1) is 12.9. The second kappa shape index (κ2) is 7.00. The van der Waals surface area contributed by atoms with Gasteiger partial charge in [0.25, 0.3) is 5.91 Å². The lowest BCUT2D eigenvalue weighted by atomic mass is 10.1. The van der Waals surface area contributed by atoms with Gasteiger partial charge in [-0.15, -0.1) is 0 Å². The fourth-order valence-corrected chi connectivity index (χ4v) is 2.47. The zero-order valence-corrected chi connectivity index (χ0v) is 13.7. The zero-order valence-electron chi connectivity index (χ0n) is 13.7. The molecule has 0 saturated heterocycles. The van der Waals surface area contributed by atoms with Gasteiger partial charge in [-0.1, -0.05) is 24.3 Å². The van der Waals surface area contributed by atoms with E-state index >= 15 is 0 Å². The van der Waals surface area contributed by atoms with Gasteiger partial charge in [-0.3, -0.25) is 14.9 Å². The summed E-state index contributed by atoms with van der Waals surface area (Å²) in [4.78, 5) is 22.2. The van der Waals surface area contributed by atoms with Gasteiger partial charge >= 0.3 is 5.69 Å². The highest BCUT2D eigenvalue weighted by atomic mass is 16.6. The third kappa shape index (κ3) is 3.61. The number of hydrogen-bond acceptors (Lipinski definition) is 7. The highest BCUT2D eigenvalue weighted by Crippen LogP contribution is 2.35. The van der Waals surface area contributed by atoms with Crippen LogP contribution in [0.2, 0.25) is 0 Å². The van der Waals surface area contributed by atoms with Crippen molar-refractivity contribution in [3.05, 3.63) is 69.8 Å². The summed E-state index contributed by atoms with van der Waals surface area (Å²) in [5.41, 5.74) is 1.58. The smallest absolute Gasteiger partial charge is 0.315 e. The number of phenolic OH excluding ortho intramolecular Hbond substituents is 3. The quantitative estimate of drug-likeness (QED) is 0.241. The molecule has 0 aromatic heterocycles. The van der Waals surface area contributed by atoms with E-state index in [1.165, 1.54) is 12.1 Å². The van der Waals surface area contributed by atoms with Crippen LogP contribution in [-0.2, 0) is 0 Å². The number of phenols is 3. The number of amides is 1. The summed E-state index contributed by atoms with van der Waals surface area (Å²) in [7, 11) is 0. The lowest BCUT2D eigenvalue weighted by molar-refractivity contribution is -0.386. The first-order valence-electron chi connectivity index (χ1n) is 7.62. The van der Waals surface area contributed by atoms with Gasteiger partial charge in [0.1, 0.15) is 5.75 Å². The first kappa shape index (κ1) is 17.7. The number of hydrogen-bond donors (Lipinski definition) is 4. The number of rotatable bonds is 4. The van der Waals surface area contributed by atoms with Crippen LogP contribution < -0.4 is 5.43 Å². The molecule has 3 aromatic carbocycles. The van der Waals surface area contributed by atoms with E-state index in [-0.39, 0.29) is 16.9 Å². The molecule has 9 nitrogen and oxygen atoms in total. The van der Waals surface area contributed by atoms with E-state index < -0.39 is 28.0 Å². The van der Waals surface area contributed by atoms with Gasteiger partial charge < -0.3 is 15.3 Å². The summed E-state index contributed by atoms with van der Waals surface area (Å²) in [5.74, 6) is -2.46. The number of benzene rings is 3. The minimum atomic E-state index is -0.863. The van der Waals surface area contributed by atoms with E-state index in [4.69, 9.17) is 0 Å². The molecule has 3 aromatic rings. The van der Waals surface area contributed by atoms with Crippen LogP contribution in [0.15, 0.2) is 53.6 Å². The monoisotopic (exact) mass is 367 g/mol. The van der Waals surface area contributed by atoms with Gasteiger partial charge in [-0.2, -0.15) is 5.10 Å². The molecule has 3 rings (SSSR count). The predicted molar refractivity (Wildman–Crippen MR) is 97.1 cm³/mol. The van der Waals surface area contributed by atoms with E-state index in [9.17, 15) is 30.2 Å². The maximum atomic E-state index is 12.2. The van der Waals surface area contributed by atoms with Crippen molar-refractivity contribution in [1.82, 2.24) is 5.43 Å². The molecule has 0 radical (unpaired) electrons. The Morgan fingerprint density at radius 3 is 2.37 bits per heavy atom. The Kier molecular flexibility index (Phi) is 4.58. The molecule has 1 amide bonds. The second-order valence-electron chi connectivity index (χ2n) is 5.58. The van der Waals surface area contributed by atoms with Crippen LogP contribution in [0.25, 0.3) is 10.8 Å². The van der Waals surface area contributed by atoms with Gasteiger partial charge in [-0.25, -0.2) is 5.43 Å². The molecule has 0 aliphatic rings. The molecule has 0 bridgehead atoms. The third-order valence-corrected chi connectivity index (χ3v) is 3.78. The number of nitrogens with one attached hydrogen (secondary N) is 1. The van der Waals surface area contributed by atoms with Gasteiger partial charge in [0.15, 0.2) is 5.75 Å².